The Balaban J connectivity index is 1.67. The summed E-state index contributed by atoms with van der Waals surface area (Å²) in [6, 6.07) is 6.61. The lowest BCUT2D eigenvalue weighted by molar-refractivity contribution is -0.903. The van der Waals surface area contributed by atoms with Gasteiger partial charge in [0, 0.05) is 23.1 Å². The van der Waals surface area contributed by atoms with E-state index in [0.29, 0.717) is 5.58 Å². The third kappa shape index (κ3) is 8.91. The van der Waals surface area contributed by atoms with E-state index in [1.54, 1.807) is 12.1 Å². The molecule has 0 bridgehead atoms. The molecule has 0 aliphatic rings. The quantitative estimate of drug-likeness (QED) is 0.198. The summed E-state index contributed by atoms with van der Waals surface area (Å²) in [5.41, 5.74) is 1.10. The fourth-order valence-corrected chi connectivity index (χ4v) is 4.27. The van der Waals surface area contributed by atoms with Crippen LogP contribution in [0.5, 0.6) is 5.75 Å². The molecule has 0 aliphatic carbocycles. The van der Waals surface area contributed by atoms with Crippen molar-refractivity contribution in [3.8, 4) is 5.75 Å². The maximum absolute atomic E-state index is 11.9. The number of nitrogens with zero attached hydrogens (tertiary/aromatic N) is 1. The molecule has 4 heteroatoms. The minimum atomic E-state index is -0.353. The summed E-state index contributed by atoms with van der Waals surface area (Å²) in [5, 5.41) is 10.6. The van der Waals surface area contributed by atoms with E-state index in [1.165, 1.54) is 83.1 Å². The predicted molar refractivity (Wildman–Crippen MR) is 126 cm³/mol. The van der Waals surface area contributed by atoms with Gasteiger partial charge < -0.3 is 14.0 Å². The molecule has 0 radical (unpaired) electrons. The first-order valence-corrected chi connectivity index (χ1v) is 12.0. The molecule has 0 saturated heterocycles. The summed E-state index contributed by atoms with van der Waals surface area (Å²) in [5.74, 6) is 0.119. The van der Waals surface area contributed by atoms with Crippen molar-refractivity contribution >= 4 is 11.0 Å². The third-order valence-corrected chi connectivity index (χ3v) is 6.03. The van der Waals surface area contributed by atoms with Crippen LogP contribution in [0.2, 0.25) is 0 Å². The van der Waals surface area contributed by atoms with Gasteiger partial charge in [0.15, 0.2) is 0 Å². The van der Waals surface area contributed by atoms with E-state index < -0.39 is 0 Å². The molecule has 2 aromatic rings. The lowest BCUT2D eigenvalue weighted by Crippen LogP contribution is -2.39. The first kappa shape index (κ1) is 24.5. The van der Waals surface area contributed by atoms with Gasteiger partial charge in [-0.15, -0.1) is 0 Å². The average molecular weight is 417 g/mol. The summed E-state index contributed by atoms with van der Waals surface area (Å²) in [6.45, 7) is 4.15. The van der Waals surface area contributed by atoms with E-state index in [0.717, 1.165) is 28.5 Å². The van der Waals surface area contributed by atoms with Crippen molar-refractivity contribution in [2.75, 3.05) is 20.6 Å². The Bertz CT molecular complexity index is 810. The van der Waals surface area contributed by atoms with Gasteiger partial charge in [0.2, 0.25) is 0 Å². The number of phenols is 1. The minimum absolute atomic E-state index is 0.119. The second kappa shape index (κ2) is 12.8. The van der Waals surface area contributed by atoms with Crippen LogP contribution >= 0.6 is 0 Å². The van der Waals surface area contributed by atoms with Crippen molar-refractivity contribution in [3.63, 3.8) is 0 Å². The molecule has 0 spiro atoms. The minimum Gasteiger partial charge on any atom is -0.508 e. The van der Waals surface area contributed by atoms with Gasteiger partial charge in [0.25, 0.3) is 0 Å². The standard InChI is InChI=1S/C26H41NO3/c1-4-5-6-7-8-9-10-11-12-13-14-15-18-27(2,3)21-22-19-26(29)30-25-20-23(28)16-17-24(22)25/h16-17,19-20H,4-15,18,21H2,1-3H3/p+1. The second-order valence-electron chi connectivity index (χ2n) is 9.48. The number of benzene rings is 1. The summed E-state index contributed by atoms with van der Waals surface area (Å²) in [7, 11) is 4.44. The van der Waals surface area contributed by atoms with Crippen molar-refractivity contribution in [1.82, 2.24) is 0 Å². The first-order chi connectivity index (χ1) is 14.4. The zero-order valence-electron chi connectivity index (χ0n) is 19.4. The number of unbranched alkanes of at least 4 members (excludes halogenated alkanes) is 11. The number of quaternary nitrogens is 1. The van der Waals surface area contributed by atoms with Gasteiger partial charge >= 0.3 is 5.63 Å². The van der Waals surface area contributed by atoms with Crippen LogP contribution in [0, 0.1) is 0 Å². The molecule has 0 amide bonds. The Labute approximate surface area is 182 Å². The molecule has 2 rings (SSSR count). The number of aromatic hydroxyl groups is 1. The normalized spacial score (nSPS) is 12.0. The maximum Gasteiger partial charge on any atom is 0.336 e. The van der Waals surface area contributed by atoms with E-state index in [2.05, 4.69) is 21.0 Å². The summed E-state index contributed by atoms with van der Waals surface area (Å²) >= 11 is 0. The molecule has 0 atom stereocenters. The molecule has 4 nitrogen and oxygen atoms in total. The molecule has 1 aromatic carbocycles. The van der Waals surface area contributed by atoms with E-state index in [1.807, 2.05) is 6.07 Å². The van der Waals surface area contributed by atoms with Crippen molar-refractivity contribution in [1.29, 1.82) is 0 Å². The first-order valence-electron chi connectivity index (χ1n) is 12.0. The fraction of sp³-hybridized carbons (Fsp3) is 0.654. The van der Waals surface area contributed by atoms with E-state index in [9.17, 15) is 9.90 Å². The largest absolute Gasteiger partial charge is 0.508 e. The number of fused-ring (bicyclic) bond motifs is 1. The van der Waals surface area contributed by atoms with Crippen LogP contribution < -0.4 is 5.63 Å². The number of hydrogen-bond acceptors (Lipinski definition) is 3. The van der Waals surface area contributed by atoms with Crippen molar-refractivity contribution in [3.05, 3.63) is 40.2 Å². The highest BCUT2D eigenvalue weighted by Crippen LogP contribution is 2.24. The molecule has 0 fully saturated rings. The second-order valence-corrected chi connectivity index (χ2v) is 9.48. The summed E-state index contributed by atoms with van der Waals surface area (Å²) in [4.78, 5) is 11.9. The van der Waals surface area contributed by atoms with Crippen LogP contribution in [0.1, 0.15) is 89.5 Å². The molecule has 0 saturated carbocycles. The fourth-order valence-electron chi connectivity index (χ4n) is 4.27. The SMILES string of the molecule is CCCCCCCCCCCCCC[N+](C)(C)Cc1cc(=O)oc2cc(O)ccc12. The molecular weight excluding hydrogens is 374 g/mol. The molecule has 0 aliphatic heterocycles. The smallest absolute Gasteiger partial charge is 0.336 e. The van der Waals surface area contributed by atoms with Gasteiger partial charge in [0.05, 0.1) is 20.6 Å². The maximum atomic E-state index is 11.9. The van der Waals surface area contributed by atoms with Crippen molar-refractivity contribution < 1.29 is 14.0 Å². The number of hydrogen-bond donors (Lipinski definition) is 1. The molecule has 1 N–H and O–H groups in total. The molecule has 1 aromatic heterocycles. The van der Waals surface area contributed by atoms with E-state index in [4.69, 9.17) is 4.42 Å². The Morgan fingerprint density at radius 2 is 1.40 bits per heavy atom. The zero-order chi connectivity index (χ0) is 21.8. The summed E-state index contributed by atoms with van der Waals surface area (Å²) < 4.78 is 6.10. The van der Waals surface area contributed by atoms with E-state index >= 15 is 0 Å². The van der Waals surface area contributed by atoms with Crippen LogP contribution in [0.15, 0.2) is 33.5 Å². The van der Waals surface area contributed by atoms with Gasteiger partial charge in [-0.05, 0) is 25.0 Å². The van der Waals surface area contributed by atoms with Crippen LogP contribution in [-0.2, 0) is 6.54 Å². The lowest BCUT2D eigenvalue weighted by atomic mass is 10.0. The Morgan fingerprint density at radius 3 is 2.00 bits per heavy atom. The van der Waals surface area contributed by atoms with Gasteiger partial charge in [-0.1, -0.05) is 71.1 Å². The topological polar surface area (TPSA) is 50.4 Å². The highest BCUT2D eigenvalue weighted by molar-refractivity contribution is 5.81. The number of phenolic OH excluding ortho intramolecular Hbond substituents is 1. The summed E-state index contributed by atoms with van der Waals surface area (Å²) in [6.07, 6.45) is 16.3. The van der Waals surface area contributed by atoms with Crippen molar-refractivity contribution in [2.45, 2.75) is 90.5 Å². The molecule has 30 heavy (non-hydrogen) atoms. The molecule has 0 unspecified atom stereocenters. The van der Waals surface area contributed by atoms with Crippen LogP contribution in [0.3, 0.4) is 0 Å². The highest BCUT2D eigenvalue weighted by atomic mass is 16.4. The lowest BCUT2D eigenvalue weighted by Gasteiger charge is -2.30. The average Bonchev–Trinajstić information content (AvgIpc) is 2.68. The Morgan fingerprint density at radius 1 is 0.833 bits per heavy atom. The monoisotopic (exact) mass is 416 g/mol. The highest BCUT2D eigenvalue weighted by Gasteiger charge is 2.18. The predicted octanol–water partition coefficient (Wildman–Crippen LogP) is 6.78. The Kier molecular flexibility index (Phi) is 10.4. The zero-order valence-corrected chi connectivity index (χ0v) is 19.4. The molecule has 168 valence electrons. The van der Waals surface area contributed by atoms with Crippen LogP contribution in [-0.4, -0.2) is 30.2 Å². The van der Waals surface area contributed by atoms with Gasteiger partial charge in [-0.3, -0.25) is 0 Å². The molecule has 1 heterocycles. The van der Waals surface area contributed by atoms with Crippen molar-refractivity contribution in [2.24, 2.45) is 0 Å². The molecular formula is C26H42NO3+. The van der Waals surface area contributed by atoms with Crippen LogP contribution in [0.25, 0.3) is 11.0 Å². The van der Waals surface area contributed by atoms with Gasteiger partial charge in [-0.25, -0.2) is 4.79 Å². The third-order valence-electron chi connectivity index (χ3n) is 6.03. The van der Waals surface area contributed by atoms with E-state index in [-0.39, 0.29) is 11.4 Å². The number of rotatable bonds is 15. The Hall–Kier alpha value is -1.81. The van der Waals surface area contributed by atoms with Crippen LogP contribution in [0.4, 0.5) is 0 Å². The van der Waals surface area contributed by atoms with Gasteiger partial charge in [0.1, 0.15) is 17.9 Å². The van der Waals surface area contributed by atoms with Gasteiger partial charge in [-0.2, -0.15) is 0 Å².